The fourth-order valence-electron chi connectivity index (χ4n) is 1.82. The van der Waals surface area contributed by atoms with Crippen LogP contribution in [0.15, 0.2) is 6.07 Å². The Labute approximate surface area is 96.3 Å². The van der Waals surface area contributed by atoms with Crippen molar-refractivity contribution in [3.8, 4) is 0 Å². The normalized spacial score (nSPS) is 15.3. The first-order valence-electron chi connectivity index (χ1n) is 5.52. The zero-order valence-electron chi connectivity index (χ0n) is 10.0. The van der Waals surface area contributed by atoms with E-state index < -0.39 is 0 Å². The Morgan fingerprint density at radius 1 is 1.47 bits per heavy atom. The van der Waals surface area contributed by atoms with Crippen LogP contribution in [-0.4, -0.2) is 17.8 Å². The molecule has 0 radical (unpaired) electrons. The minimum atomic E-state index is 0.208. The van der Waals surface area contributed by atoms with Crippen LogP contribution in [0.4, 0.5) is 0 Å². The molecule has 1 aromatic heterocycles. The maximum atomic E-state index is 9.14. The third-order valence-corrected chi connectivity index (χ3v) is 3.73. The van der Waals surface area contributed by atoms with Crippen molar-refractivity contribution in [1.29, 1.82) is 0 Å². The van der Waals surface area contributed by atoms with Crippen molar-refractivity contribution < 1.29 is 5.11 Å². The molecule has 0 aliphatic rings. The Kier molecular flexibility index (Phi) is 4.77. The molecule has 0 spiro atoms. The Bertz CT molecular complexity index is 305. The topological polar surface area (TPSA) is 32.3 Å². The lowest BCUT2D eigenvalue weighted by atomic mass is 10.1. The summed E-state index contributed by atoms with van der Waals surface area (Å²) in [4.78, 5) is 2.73. The molecule has 2 nitrogen and oxygen atoms in total. The predicted molar refractivity (Wildman–Crippen MR) is 66.5 cm³/mol. The van der Waals surface area contributed by atoms with Gasteiger partial charge in [0.2, 0.25) is 0 Å². The van der Waals surface area contributed by atoms with Crippen LogP contribution in [0, 0.1) is 13.8 Å². The fourth-order valence-corrected chi connectivity index (χ4v) is 2.85. The van der Waals surface area contributed by atoms with Gasteiger partial charge in [-0.3, -0.25) is 0 Å². The fraction of sp³-hybridized carbons (Fsp3) is 0.667. The van der Waals surface area contributed by atoms with Gasteiger partial charge in [0.25, 0.3) is 0 Å². The van der Waals surface area contributed by atoms with E-state index in [1.807, 2.05) is 11.3 Å². The molecule has 0 saturated carbocycles. The molecular formula is C12H21NOS. The number of nitrogens with one attached hydrogen (secondary N) is 1. The first-order chi connectivity index (χ1) is 7.08. The van der Waals surface area contributed by atoms with Crippen LogP contribution >= 0.6 is 11.3 Å². The molecule has 3 heteroatoms. The van der Waals surface area contributed by atoms with E-state index in [4.69, 9.17) is 5.11 Å². The zero-order chi connectivity index (χ0) is 11.4. The van der Waals surface area contributed by atoms with E-state index in [9.17, 15) is 0 Å². The maximum absolute atomic E-state index is 9.14. The number of rotatable bonds is 5. The number of hydrogen-bond donors (Lipinski definition) is 2. The zero-order valence-corrected chi connectivity index (χ0v) is 10.8. The minimum Gasteiger partial charge on any atom is -0.395 e. The highest BCUT2D eigenvalue weighted by Gasteiger charge is 2.14. The molecule has 86 valence electrons. The molecule has 0 bridgehead atoms. The van der Waals surface area contributed by atoms with E-state index in [2.05, 4.69) is 39.1 Å². The van der Waals surface area contributed by atoms with Crippen molar-refractivity contribution in [3.63, 3.8) is 0 Å². The van der Waals surface area contributed by atoms with E-state index in [0.29, 0.717) is 6.04 Å². The average molecular weight is 227 g/mol. The maximum Gasteiger partial charge on any atom is 0.0584 e. The summed E-state index contributed by atoms with van der Waals surface area (Å²) in [5.41, 5.74) is 1.37. The number of aliphatic hydroxyl groups excluding tert-OH is 1. The van der Waals surface area contributed by atoms with Gasteiger partial charge in [0.15, 0.2) is 0 Å². The first kappa shape index (κ1) is 12.7. The smallest absolute Gasteiger partial charge is 0.0584 e. The van der Waals surface area contributed by atoms with Crippen LogP contribution in [0.25, 0.3) is 0 Å². The summed E-state index contributed by atoms with van der Waals surface area (Å²) >= 11 is 1.84. The molecule has 1 heterocycles. The number of thiophene rings is 1. The van der Waals surface area contributed by atoms with Crippen LogP contribution in [0.1, 0.15) is 41.6 Å². The first-order valence-corrected chi connectivity index (χ1v) is 6.34. The summed E-state index contributed by atoms with van der Waals surface area (Å²) in [5, 5.41) is 12.6. The van der Waals surface area contributed by atoms with Crippen LogP contribution in [0.3, 0.4) is 0 Å². The minimum absolute atomic E-state index is 0.208. The standard InChI is InChI=1S/C12H21NOS/c1-5-11(7-14)13-9(3)12-6-8(2)15-10(12)4/h6,9,11,13-14H,5,7H2,1-4H3. The van der Waals surface area contributed by atoms with Gasteiger partial charge in [0, 0.05) is 21.8 Å². The summed E-state index contributed by atoms with van der Waals surface area (Å²) in [6.45, 7) is 8.75. The molecule has 0 amide bonds. The lowest BCUT2D eigenvalue weighted by Gasteiger charge is -2.20. The number of hydrogen-bond acceptors (Lipinski definition) is 3. The van der Waals surface area contributed by atoms with E-state index >= 15 is 0 Å². The molecule has 0 fully saturated rings. The lowest BCUT2D eigenvalue weighted by Crippen LogP contribution is -2.33. The van der Waals surface area contributed by atoms with E-state index in [-0.39, 0.29) is 12.6 Å². The van der Waals surface area contributed by atoms with Crippen molar-refractivity contribution in [3.05, 3.63) is 21.4 Å². The van der Waals surface area contributed by atoms with Gasteiger partial charge in [-0.1, -0.05) is 6.92 Å². The lowest BCUT2D eigenvalue weighted by molar-refractivity contribution is 0.230. The van der Waals surface area contributed by atoms with Gasteiger partial charge in [-0.25, -0.2) is 0 Å². The number of aryl methyl sites for hydroxylation is 2. The SMILES string of the molecule is CCC(CO)NC(C)c1cc(C)sc1C. The third-order valence-electron chi connectivity index (χ3n) is 2.74. The highest BCUT2D eigenvalue weighted by atomic mass is 32.1. The quantitative estimate of drug-likeness (QED) is 0.810. The van der Waals surface area contributed by atoms with Crippen molar-refractivity contribution >= 4 is 11.3 Å². The monoisotopic (exact) mass is 227 g/mol. The summed E-state index contributed by atoms with van der Waals surface area (Å²) < 4.78 is 0. The van der Waals surface area contributed by atoms with Gasteiger partial charge in [0.05, 0.1) is 6.61 Å². The Morgan fingerprint density at radius 2 is 2.13 bits per heavy atom. The number of aliphatic hydroxyl groups is 1. The molecular weight excluding hydrogens is 206 g/mol. The molecule has 0 aromatic carbocycles. The van der Waals surface area contributed by atoms with Crippen molar-refractivity contribution in [2.75, 3.05) is 6.61 Å². The second-order valence-electron chi connectivity index (χ2n) is 4.04. The summed E-state index contributed by atoms with van der Waals surface area (Å²) in [6.07, 6.45) is 0.961. The van der Waals surface area contributed by atoms with Gasteiger partial charge in [0.1, 0.15) is 0 Å². The molecule has 0 aliphatic carbocycles. The van der Waals surface area contributed by atoms with Crippen LogP contribution in [0.2, 0.25) is 0 Å². The van der Waals surface area contributed by atoms with Gasteiger partial charge >= 0.3 is 0 Å². The largest absolute Gasteiger partial charge is 0.395 e. The van der Waals surface area contributed by atoms with E-state index in [1.54, 1.807) is 0 Å². The Morgan fingerprint density at radius 3 is 2.53 bits per heavy atom. The molecule has 15 heavy (non-hydrogen) atoms. The van der Waals surface area contributed by atoms with Crippen molar-refractivity contribution in [2.24, 2.45) is 0 Å². The molecule has 2 atom stereocenters. The second kappa shape index (κ2) is 5.64. The Hall–Kier alpha value is -0.380. The van der Waals surface area contributed by atoms with Gasteiger partial charge < -0.3 is 10.4 Å². The van der Waals surface area contributed by atoms with Gasteiger partial charge in [-0.05, 0) is 38.8 Å². The molecule has 2 unspecified atom stereocenters. The molecule has 0 aliphatic heterocycles. The van der Waals surface area contributed by atoms with Crippen LogP contribution in [0.5, 0.6) is 0 Å². The highest BCUT2D eigenvalue weighted by Crippen LogP contribution is 2.26. The average Bonchev–Trinajstić information content (AvgIpc) is 2.54. The van der Waals surface area contributed by atoms with E-state index in [1.165, 1.54) is 15.3 Å². The van der Waals surface area contributed by atoms with Crippen molar-refractivity contribution in [1.82, 2.24) is 5.32 Å². The van der Waals surface area contributed by atoms with Gasteiger partial charge in [-0.15, -0.1) is 11.3 Å². The van der Waals surface area contributed by atoms with E-state index in [0.717, 1.165) is 6.42 Å². The summed E-state index contributed by atoms with van der Waals surface area (Å²) in [6, 6.07) is 2.77. The van der Waals surface area contributed by atoms with Gasteiger partial charge in [-0.2, -0.15) is 0 Å². The van der Waals surface area contributed by atoms with Crippen LogP contribution in [-0.2, 0) is 0 Å². The summed E-state index contributed by atoms with van der Waals surface area (Å²) in [7, 11) is 0. The second-order valence-corrected chi connectivity index (χ2v) is 5.51. The summed E-state index contributed by atoms with van der Waals surface area (Å²) in [5.74, 6) is 0. The predicted octanol–water partition coefficient (Wildman–Crippen LogP) is 2.79. The Balaban J connectivity index is 2.67. The van der Waals surface area contributed by atoms with Crippen molar-refractivity contribution in [2.45, 2.75) is 46.2 Å². The molecule has 1 aromatic rings. The van der Waals surface area contributed by atoms with Crippen LogP contribution < -0.4 is 5.32 Å². The molecule has 1 rings (SSSR count). The third kappa shape index (κ3) is 3.30. The highest BCUT2D eigenvalue weighted by molar-refractivity contribution is 7.12. The molecule has 0 saturated heterocycles. The molecule has 2 N–H and O–H groups in total.